The average molecular weight is 569 g/mol. The Balaban J connectivity index is 1.16. The number of fused-ring (bicyclic) bond motifs is 7. The van der Waals surface area contributed by atoms with Gasteiger partial charge in [0.25, 0.3) is 0 Å². The van der Waals surface area contributed by atoms with Crippen molar-refractivity contribution in [3.63, 3.8) is 0 Å². The molecule has 0 amide bonds. The molecule has 45 heavy (non-hydrogen) atoms. The molecule has 1 aliphatic rings. The summed E-state index contributed by atoms with van der Waals surface area (Å²) in [7, 11) is 0. The summed E-state index contributed by atoms with van der Waals surface area (Å²) >= 11 is 0. The molecule has 2 aromatic heterocycles. The quantitative estimate of drug-likeness (QED) is 0.190. The third kappa shape index (κ3) is 2.96. The number of pyridine rings is 1. The van der Waals surface area contributed by atoms with E-state index in [0.717, 1.165) is 16.7 Å². The van der Waals surface area contributed by atoms with Crippen LogP contribution in [0.1, 0.15) is 0 Å². The highest BCUT2D eigenvalue weighted by molar-refractivity contribution is 6.31. The Kier molecular flexibility index (Phi) is 4.35. The van der Waals surface area contributed by atoms with E-state index in [9.17, 15) is 0 Å². The molecule has 0 aliphatic heterocycles. The maximum atomic E-state index is 4.91. The van der Waals surface area contributed by atoms with E-state index >= 15 is 0 Å². The normalized spacial score (nSPS) is 12.4. The number of aromatic nitrogens is 2. The fourth-order valence-corrected chi connectivity index (χ4v) is 8.24. The van der Waals surface area contributed by atoms with Crippen LogP contribution in [0.25, 0.3) is 104 Å². The van der Waals surface area contributed by atoms with E-state index < -0.39 is 0 Å². The number of benzene rings is 8. The van der Waals surface area contributed by atoms with Gasteiger partial charge in [-0.05, 0) is 101 Å². The fraction of sp³-hybridized carbons (Fsp3) is 0. The van der Waals surface area contributed by atoms with Gasteiger partial charge in [-0.25, -0.2) is 0 Å². The molecule has 8 aromatic carbocycles. The molecule has 0 radical (unpaired) electrons. The van der Waals surface area contributed by atoms with E-state index in [4.69, 9.17) is 4.98 Å². The number of hydrogen-bond acceptors (Lipinski definition) is 1. The molecule has 0 N–H and O–H groups in total. The third-order valence-electron chi connectivity index (χ3n) is 10.1. The molecule has 10 aromatic rings. The lowest BCUT2D eigenvalue weighted by molar-refractivity contribution is 1.18. The Morgan fingerprint density at radius 3 is 1.98 bits per heavy atom. The first kappa shape index (κ1) is 23.5. The van der Waals surface area contributed by atoms with Crippen molar-refractivity contribution in [2.45, 2.75) is 0 Å². The molecule has 2 heterocycles. The van der Waals surface area contributed by atoms with Crippen molar-refractivity contribution in [1.82, 2.24) is 9.55 Å². The van der Waals surface area contributed by atoms with Crippen molar-refractivity contribution >= 4 is 65.0 Å². The van der Waals surface area contributed by atoms with Crippen molar-refractivity contribution < 1.29 is 0 Å². The van der Waals surface area contributed by atoms with Crippen LogP contribution in [-0.4, -0.2) is 9.55 Å². The summed E-state index contributed by atoms with van der Waals surface area (Å²) < 4.78 is 2.41. The lowest BCUT2D eigenvalue weighted by Crippen LogP contribution is -1.95. The molecule has 2 nitrogen and oxygen atoms in total. The highest BCUT2D eigenvalue weighted by Gasteiger charge is 2.23. The van der Waals surface area contributed by atoms with Crippen molar-refractivity contribution in [2.24, 2.45) is 0 Å². The minimum Gasteiger partial charge on any atom is -0.307 e. The van der Waals surface area contributed by atoms with Crippen LogP contribution < -0.4 is 0 Å². The monoisotopic (exact) mass is 568 g/mol. The Morgan fingerprint density at radius 2 is 1.13 bits per heavy atom. The van der Waals surface area contributed by atoms with Gasteiger partial charge in [-0.15, -0.1) is 0 Å². The lowest BCUT2D eigenvalue weighted by Gasteiger charge is -2.15. The minimum atomic E-state index is 1.04. The Hall–Kier alpha value is -5.99. The third-order valence-corrected chi connectivity index (χ3v) is 10.1. The molecule has 206 valence electrons. The zero-order chi connectivity index (χ0) is 29.2. The number of hydrogen-bond donors (Lipinski definition) is 0. The Labute approximate surface area is 258 Å². The van der Waals surface area contributed by atoms with E-state index in [1.54, 1.807) is 0 Å². The maximum Gasteiger partial charge on any atom is 0.0963 e. The summed E-state index contributed by atoms with van der Waals surface area (Å²) in [6, 6.07) is 51.5. The lowest BCUT2D eigenvalue weighted by atomic mass is 9.93. The van der Waals surface area contributed by atoms with Crippen LogP contribution >= 0.6 is 0 Å². The standard InChI is InChI=1S/C43H24N2/c1-2-9-32-31(8-1)34-11-4-10-33-30(21-22-35(32)41(33)34)25-15-18-29(19-16-25)45-38-12-5-23-44-42(38)37-24-28-14-13-26-6-3-7-27-17-20-36(43(37)45)40(28)39(26)27/h1-24H. The summed E-state index contributed by atoms with van der Waals surface area (Å²) in [6.07, 6.45) is 1.91. The number of nitrogens with zero attached hydrogens (tertiary/aromatic N) is 2. The van der Waals surface area contributed by atoms with Gasteiger partial charge in [0.1, 0.15) is 0 Å². The van der Waals surface area contributed by atoms with E-state index in [2.05, 4.69) is 138 Å². The smallest absolute Gasteiger partial charge is 0.0963 e. The molecule has 2 heteroatoms. The van der Waals surface area contributed by atoms with Crippen LogP contribution in [0.5, 0.6) is 0 Å². The highest BCUT2D eigenvalue weighted by atomic mass is 15.0. The van der Waals surface area contributed by atoms with Gasteiger partial charge in [-0.1, -0.05) is 109 Å². The van der Waals surface area contributed by atoms with Crippen molar-refractivity contribution in [3.05, 3.63) is 146 Å². The molecule has 0 saturated carbocycles. The first-order valence-electron chi connectivity index (χ1n) is 15.6. The van der Waals surface area contributed by atoms with Gasteiger partial charge in [-0.3, -0.25) is 4.98 Å². The molecule has 0 spiro atoms. The molecule has 0 fully saturated rings. The maximum absolute atomic E-state index is 4.91. The van der Waals surface area contributed by atoms with Gasteiger partial charge in [0.05, 0.1) is 16.6 Å². The zero-order valence-electron chi connectivity index (χ0n) is 24.3. The van der Waals surface area contributed by atoms with Crippen LogP contribution in [0, 0.1) is 0 Å². The summed E-state index contributed by atoms with van der Waals surface area (Å²) in [5.41, 5.74) is 12.3. The predicted molar refractivity (Wildman–Crippen MR) is 190 cm³/mol. The first-order chi connectivity index (χ1) is 22.3. The predicted octanol–water partition coefficient (Wildman–Crippen LogP) is 11.5. The molecule has 1 aliphatic carbocycles. The first-order valence-corrected chi connectivity index (χ1v) is 15.6. The second-order valence-electron chi connectivity index (χ2n) is 12.3. The second-order valence-corrected chi connectivity index (χ2v) is 12.3. The molecule has 11 rings (SSSR count). The summed E-state index contributed by atoms with van der Waals surface area (Å²) in [5.74, 6) is 0. The molecule has 0 bridgehead atoms. The molecular weight excluding hydrogens is 544 g/mol. The Morgan fingerprint density at radius 1 is 0.422 bits per heavy atom. The van der Waals surface area contributed by atoms with Gasteiger partial charge in [0.2, 0.25) is 0 Å². The van der Waals surface area contributed by atoms with Crippen molar-refractivity contribution in [3.8, 4) is 39.1 Å². The summed E-state index contributed by atoms with van der Waals surface area (Å²) in [6.45, 7) is 0. The van der Waals surface area contributed by atoms with Gasteiger partial charge in [-0.2, -0.15) is 0 Å². The van der Waals surface area contributed by atoms with E-state index in [1.165, 1.54) is 87.4 Å². The highest BCUT2D eigenvalue weighted by Crippen LogP contribution is 2.49. The topological polar surface area (TPSA) is 17.8 Å². The van der Waals surface area contributed by atoms with Crippen LogP contribution in [0.3, 0.4) is 0 Å². The second kappa shape index (κ2) is 8.34. The van der Waals surface area contributed by atoms with Crippen LogP contribution in [0.2, 0.25) is 0 Å². The van der Waals surface area contributed by atoms with E-state index in [1.807, 2.05) is 12.3 Å². The minimum absolute atomic E-state index is 1.04. The van der Waals surface area contributed by atoms with Crippen LogP contribution in [0.4, 0.5) is 0 Å². The van der Waals surface area contributed by atoms with Crippen molar-refractivity contribution in [1.29, 1.82) is 0 Å². The van der Waals surface area contributed by atoms with Gasteiger partial charge in [0, 0.05) is 22.7 Å². The molecule has 0 saturated heterocycles. The average Bonchev–Trinajstić information content (AvgIpc) is 3.61. The van der Waals surface area contributed by atoms with Crippen molar-refractivity contribution in [2.75, 3.05) is 0 Å². The number of rotatable bonds is 2. The Bertz CT molecular complexity index is 2810. The fourth-order valence-electron chi connectivity index (χ4n) is 8.24. The zero-order valence-corrected chi connectivity index (χ0v) is 24.3. The van der Waals surface area contributed by atoms with Gasteiger partial charge in [0.15, 0.2) is 0 Å². The van der Waals surface area contributed by atoms with Crippen LogP contribution in [-0.2, 0) is 0 Å². The van der Waals surface area contributed by atoms with E-state index in [0.29, 0.717) is 0 Å². The molecule has 0 unspecified atom stereocenters. The van der Waals surface area contributed by atoms with Gasteiger partial charge < -0.3 is 4.57 Å². The van der Waals surface area contributed by atoms with Crippen LogP contribution in [0.15, 0.2) is 146 Å². The summed E-state index contributed by atoms with van der Waals surface area (Å²) in [4.78, 5) is 4.91. The van der Waals surface area contributed by atoms with Gasteiger partial charge >= 0.3 is 0 Å². The largest absolute Gasteiger partial charge is 0.307 e. The summed E-state index contributed by atoms with van der Waals surface area (Å²) in [5, 5.41) is 11.6. The van der Waals surface area contributed by atoms with E-state index in [-0.39, 0.29) is 0 Å². The SMILES string of the molecule is c1ccc2c(c1)-c1cccc3c(-c4ccc(-n5c6cccnc6c6cc7ccc8cccc9ccc(c7c89)c65)cc4)ccc-2c13. The molecular formula is C43H24N2. The molecule has 0 atom stereocenters.